The van der Waals surface area contributed by atoms with Crippen LogP contribution in [0.1, 0.15) is 43.7 Å². The van der Waals surface area contributed by atoms with Crippen LogP contribution in [0.3, 0.4) is 0 Å². The summed E-state index contributed by atoms with van der Waals surface area (Å²) >= 11 is 1.99. The van der Waals surface area contributed by atoms with E-state index in [0.717, 1.165) is 25.8 Å². The van der Waals surface area contributed by atoms with Gasteiger partial charge < -0.3 is 10.4 Å². The summed E-state index contributed by atoms with van der Waals surface area (Å²) in [6, 6.07) is 6.69. The quantitative estimate of drug-likeness (QED) is 0.839. The molecule has 20 heavy (non-hydrogen) atoms. The van der Waals surface area contributed by atoms with Crippen molar-refractivity contribution >= 4 is 11.8 Å². The molecule has 2 nitrogen and oxygen atoms in total. The van der Waals surface area contributed by atoms with E-state index in [4.69, 9.17) is 0 Å². The Labute approximate surface area is 127 Å². The van der Waals surface area contributed by atoms with Crippen LogP contribution in [0.25, 0.3) is 0 Å². The lowest BCUT2D eigenvalue weighted by Gasteiger charge is -2.28. The third-order valence-corrected chi connectivity index (χ3v) is 5.69. The van der Waals surface area contributed by atoms with E-state index in [1.807, 2.05) is 11.8 Å². The Bertz CT molecular complexity index is 449. The molecule has 112 valence electrons. The van der Waals surface area contributed by atoms with Crippen LogP contribution < -0.4 is 5.32 Å². The molecule has 1 aromatic rings. The van der Waals surface area contributed by atoms with Crippen LogP contribution >= 0.6 is 11.8 Å². The summed E-state index contributed by atoms with van der Waals surface area (Å²) in [5, 5.41) is 13.9. The van der Waals surface area contributed by atoms with Crippen LogP contribution in [0.15, 0.2) is 23.1 Å². The van der Waals surface area contributed by atoms with Crippen LogP contribution in [0.2, 0.25) is 0 Å². The van der Waals surface area contributed by atoms with E-state index in [9.17, 15) is 5.11 Å². The van der Waals surface area contributed by atoms with Crippen molar-refractivity contribution in [1.82, 2.24) is 5.32 Å². The molecule has 1 saturated carbocycles. The topological polar surface area (TPSA) is 32.3 Å². The summed E-state index contributed by atoms with van der Waals surface area (Å²) in [5.41, 5.74) is 2.66. The fourth-order valence-electron chi connectivity index (χ4n) is 3.04. The standard InChI is InChI=1S/C17H27NOS/c1-4-9-18-17(12-19)8-7-15(11-17)20-16-6-5-13(2)10-14(16)3/h5-6,10,15,18-19H,4,7-9,11-12H2,1-3H3. The van der Waals surface area contributed by atoms with E-state index in [1.165, 1.54) is 22.4 Å². The van der Waals surface area contributed by atoms with Gasteiger partial charge in [-0.2, -0.15) is 0 Å². The van der Waals surface area contributed by atoms with E-state index in [1.54, 1.807) is 0 Å². The van der Waals surface area contributed by atoms with Crippen molar-refractivity contribution in [3.05, 3.63) is 29.3 Å². The van der Waals surface area contributed by atoms with Crippen LogP contribution in [0.4, 0.5) is 0 Å². The Morgan fingerprint density at radius 3 is 2.85 bits per heavy atom. The molecule has 2 rings (SSSR count). The van der Waals surface area contributed by atoms with Crippen LogP contribution in [0.5, 0.6) is 0 Å². The molecule has 1 aromatic carbocycles. The predicted octanol–water partition coefficient (Wildman–Crippen LogP) is 3.68. The second-order valence-electron chi connectivity index (χ2n) is 6.12. The van der Waals surface area contributed by atoms with Crippen LogP contribution in [-0.2, 0) is 0 Å². The number of hydrogen-bond acceptors (Lipinski definition) is 3. The summed E-state index contributed by atoms with van der Waals surface area (Å²) in [7, 11) is 0. The Kier molecular flexibility index (Phi) is 5.53. The average Bonchev–Trinajstić information content (AvgIpc) is 2.84. The van der Waals surface area contributed by atoms with Crippen LogP contribution in [0, 0.1) is 13.8 Å². The number of hydrogen-bond donors (Lipinski definition) is 2. The second kappa shape index (κ2) is 6.97. The van der Waals surface area contributed by atoms with Gasteiger partial charge in [-0.1, -0.05) is 24.6 Å². The third-order valence-electron chi connectivity index (χ3n) is 4.24. The molecule has 0 amide bonds. The van der Waals surface area contributed by atoms with Gasteiger partial charge in [0.2, 0.25) is 0 Å². The summed E-state index contributed by atoms with van der Waals surface area (Å²) in [6.07, 6.45) is 4.47. The van der Waals surface area contributed by atoms with Crippen molar-refractivity contribution in [2.24, 2.45) is 0 Å². The van der Waals surface area contributed by atoms with E-state index in [0.29, 0.717) is 5.25 Å². The van der Waals surface area contributed by atoms with Crippen molar-refractivity contribution < 1.29 is 5.11 Å². The van der Waals surface area contributed by atoms with Gasteiger partial charge in [-0.15, -0.1) is 11.8 Å². The molecule has 0 spiro atoms. The Morgan fingerprint density at radius 1 is 1.40 bits per heavy atom. The van der Waals surface area contributed by atoms with E-state index < -0.39 is 0 Å². The Balaban J connectivity index is 1.98. The minimum absolute atomic E-state index is 0.0354. The molecule has 1 aliphatic rings. The molecule has 0 bridgehead atoms. The number of rotatable bonds is 6. The van der Waals surface area contributed by atoms with Gasteiger partial charge in [0.15, 0.2) is 0 Å². The zero-order chi connectivity index (χ0) is 14.6. The van der Waals surface area contributed by atoms with Gasteiger partial charge in [-0.05, 0) is 57.7 Å². The second-order valence-corrected chi connectivity index (χ2v) is 7.46. The normalized spacial score (nSPS) is 26.1. The van der Waals surface area contributed by atoms with Gasteiger partial charge in [0.05, 0.1) is 6.61 Å². The molecule has 2 N–H and O–H groups in total. The van der Waals surface area contributed by atoms with Gasteiger partial charge in [0.1, 0.15) is 0 Å². The average molecular weight is 293 g/mol. The van der Waals surface area contributed by atoms with Gasteiger partial charge in [-0.3, -0.25) is 0 Å². The highest BCUT2D eigenvalue weighted by atomic mass is 32.2. The molecule has 0 radical (unpaired) electrons. The molecule has 0 aromatic heterocycles. The summed E-state index contributed by atoms with van der Waals surface area (Å²) in [6.45, 7) is 7.77. The highest BCUT2D eigenvalue weighted by Gasteiger charge is 2.38. The summed E-state index contributed by atoms with van der Waals surface area (Å²) in [5.74, 6) is 0. The van der Waals surface area contributed by atoms with Gasteiger partial charge >= 0.3 is 0 Å². The third kappa shape index (κ3) is 3.78. The Hall–Kier alpha value is -0.510. The van der Waals surface area contributed by atoms with Crippen molar-refractivity contribution in [3.63, 3.8) is 0 Å². The monoisotopic (exact) mass is 293 g/mol. The molecular weight excluding hydrogens is 266 g/mol. The fourth-order valence-corrected chi connectivity index (χ4v) is 4.43. The minimum atomic E-state index is -0.0354. The van der Waals surface area contributed by atoms with Crippen molar-refractivity contribution in [1.29, 1.82) is 0 Å². The number of thioether (sulfide) groups is 1. The first-order chi connectivity index (χ1) is 9.58. The predicted molar refractivity (Wildman–Crippen MR) is 87.5 cm³/mol. The fraction of sp³-hybridized carbons (Fsp3) is 0.647. The number of aryl methyl sites for hydroxylation is 2. The zero-order valence-corrected chi connectivity index (χ0v) is 13.7. The van der Waals surface area contributed by atoms with Crippen molar-refractivity contribution in [2.75, 3.05) is 13.2 Å². The number of nitrogens with one attached hydrogen (secondary N) is 1. The highest BCUT2D eigenvalue weighted by Crippen LogP contribution is 2.41. The molecule has 0 heterocycles. The highest BCUT2D eigenvalue weighted by molar-refractivity contribution is 8.00. The first-order valence-corrected chi connectivity index (χ1v) is 8.56. The van der Waals surface area contributed by atoms with E-state index >= 15 is 0 Å². The lowest BCUT2D eigenvalue weighted by molar-refractivity contribution is 0.165. The van der Waals surface area contributed by atoms with Gasteiger partial charge in [0, 0.05) is 15.7 Å². The van der Waals surface area contributed by atoms with Gasteiger partial charge in [-0.25, -0.2) is 0 Å². The van der Waals surface area contributed by atoms with Crippen molar-refractivity contribution in [3.8, 4) is 0 Å². The largest absolute Gasteiger partial charge is 0.394 e. The summed E-state index contributed by atoms with van der Waals surface area (Å²) < 4.78 is 0. The maximum atomic E-state index is 9.75. The molecule has 0 saturated heterocycles. The molecule has 1 aliphatic carbocycles. The number of aliphatic hydroxyl groups excluding tert-OH is 1. The summed E-state index contributed by atoms with van der Waals surface area (Å²) in [4.78, 5) is 1.39. The molecule has 1 fully saturated rings. The maximum Gasteiger partial charge on any atom is 0.0613 e. The number of benzene rings is 1. The molecule has 2 unspecified atom stereocenters. The van der Waals surface area contributed by atoms with Crippen LogP contribution in [-0.4, -0.2) is 29.0 Å². The van der Waals surface area contributed by atoms with Gasteiger partial charge in [0.25, 0.3) is 0 Å². The van der Waals surface area contributed by atoms with Crippen molar-refractivity contribution in [2.45, 2.75) is 62.1 Å². The smallest absolute Gasteiger partial charge is 0.0613 e. The molecular formula is C17H27NOS. The molecule has 0 aliphatic heterocycles. The minimum Gasteiger partial charge on any atom is -0.394 e. The SMILES string of the molecule is CCCNC1(CO)CCC(Sc2ccc(C)cc2C)C1. The zero-order valence-electron chi connectivity index (χ0n) is 12.9. The lowest BCUT2D eigenvalue weighted by atomic mass is 9.99. The Morgan fingerprint density at radius 2 is 2.20 bits per heavy atom. The first kappa shape index (κ1) is 15.9. The maximum absolute atomic E-state index is 9.75. The first-order valence-electron chi connectivity index (χ1n) is 7.68. The molecule has 3 heteroatoms. The molecule has 2 atom stereocenters. The number of aliphatic hydroxyl groups is 1. The van der Waals surface area contributed by atoms with E-state index in [2.05, 4.69) is 44.3 Å². The lowest BCUT2D eigenvalue weighted by Crippen LogP contribution is -2.46. The van der Waals surface area contributed by atoms with E-state index in [-0.39, 0.29) is 12.1 Å².